The number of nitrogens with zero attached hydrogens (tertiary/aromatic N) is 3. The summed E-state index contributed by atoms with van der Waals surface area (Å²) in [4.78, 5) is 12.4. The van der Waals surface area contributed by atoms with Crippen LogP contribution in [0.3, 0.4) is 0 Å². The van der Waals surface area contributed by atoms with E-state index in [1.807, 2.05) is 12.1 Å². The molecule has 0 aliphatic heterocycles. The van der Waals surface area contributed by atoms with Crippen LogP contribution in [0.2, 0.25) is 0 Å². The van der Waals surface area contributed by atoms with E-state index in [1.54, 1.807) is 42.9 Å². The fraction of sp³-hybridized carbons (Fsp3) is 0.389. The third kappa shape index (κ3) is 3.93. The molecule has 6 nitrogen and oxygen atoms in total. The first-order valence-corrected chi connectivity index (χ1v) is 7.73. The van der Waals surface area contributed by atoms with Gasteiger partial charge in [0.1, 0.15) is 17.6 Å². The van der Waals surface area contributed by atoms with Gasteiger partial charge in [0.15, 0.2) is 6.10 Å². The van der Waals surface area contributed by atoms with Crippen molar-refractivity contribution in [3.63, 3.8) is 0 Å². The van der Waals surface area contributed by atoms with Crippen LogP contribution < -0.4 is 10.1 Å². The maximum Gasteiger partial charge on any atom is 0.266 e. The number of carbonyl (C=O) groups excluding carboxylic acids is 1. The third-order valence-corrected chi connectivity index (χ3v) is 3.58. The highest BCUT2D eigenvalue weighted by Crippen LogP contribution is 2.24. The smallest absolute Gasteiger partial charge is 0.266 e. The molecule has 24 heavy (non-hydrogen) atoms. The number of aryl methyl sites for hydroxylation is 1. The number of aromatic nitrogens is 2. The van der Waals surface area contributed by atoms with Gasteiger partial charge in [-0.15, -0.1) is 0 Å². The highest BCUT2D eigenvalue weighted by atomic mass is 16.5. The lowest BCUT2D eigenvalue weighted by Crippen LogP contribution is -2.31. The van der Waals surface area contributed by atoms with Gasteiger partial charge < -0.3 is 10.1 Å². The Morgan fingerprint density at radius 3 is 2.62 bits per heavy atom. The van der Waals surface area contributed by atoms with Crippen LogP contribution in [0.25, 0.3) is 0 Å². The highest BCUT2D eigenvalue weighted by molar-refractivity contribution is 5.93. The van der Waals surface area contributed by atoms with Gasteiger partial charge in [-0.25, -0.2) is 0 Å². The first kappa shape index (κ1) is 17.5. The van der Waals surface area contributed by atoms with Gasteiger partial charge in [-0.1, -0.05) is 32.9 Å². The largest absolute Gasteiger partial charge is 0.480 e. The summed E-state index contributed by atoms with van der Waals surface area (Å²) >= 11 is 0. The van der Waals surface area contributed by atoms with E-state index < -0.39 is 6.10 Å². The van der Waals surface area contributed by atoms with Crippen LogP contribution in [-0.4, -0.2) is 21.8 Å². The van der Waals surface area contributed by atoms with Gasteiger partial charge in [-0.3, -0.25) is 9.48 Å². The molecule has 1 amide bonds. The predicted molar refractivity (Wildman–Crippen MR) is 91.8 cm³/mol. The highest BCUT2D eigenvalue weighted by Gasteiger charge is 2.22. The Morgan fingerprint density at radius 1 is 1.38 bits per heavy atom. The number of rotatable bonds is 4. The van der Waals surface area contributed by atoms with Crippen molar-refractivity contribution in [3.8, 4) is 11.8 Å². The van der Waals surface area contributed by atoms with Gasteiger partial charge in [0, 0.05) is 18.5 Å². The minimum absolute atomic E-state index is 0.103. The summed E-state index contributed by atoms with van der Waals surface area (Å²) in [6, 6.07) is 10.7. The van der Waals surface area contributed by atoms with Crippen molar-refractivity contribution in [2.45, 2.75) is 39.2 Å². The molecule has 1 aromatic carbocycles. The number of nitriles is 1. The lowest BCUT2D eigenvalue weighted by Gasteiger charge is -2.15. The number of hydrogen-bond acceptors (Lipinski definition) is 4. The standard InChI is InChI=1S/C18H22N4O2/c1-12(24-14-9-7-6-8-13(14)11-19)17(23)20-16-10-15(18(2,3)4)21-22(16)5/h6-10,12H,1-5H3,(H,20,23). The van der Waals surface area contributed by atoms with E-state index >= 15 is 0 Å². The molecule has 1 unspecified atom stereocenters. The van der Waals surface area contributed by atoms with Crippen molar-refractivity contribution in [3.05, 3.63) is 41.6 Å². The molecule has 126 valence electrons. The Bertz CT molecular complexity index is 781. The molecule has 0 aliphatic rings. The maximum atomic E-state index is 12.4. The van der Waals surface area contributed by atoms with Crippen LogP contribution >= 0.6 is 0 Å². The van der Waals surface area contributed by atoms with E-state index in [0.29, 0.717) is 17.1 Å². The number of carbonyl (C=O) groups is 1. The van der Waals surface area contributed by atoms with E-state index in [9.17, 15) is 4.79 Å². The molecule has 0 saturated heterocycles. The van der Waals surface area contributed by atoms with E-state index in [0.717, 1.165) is 5.69 Å². The molecular weight excluding hydrogens is 304 g/mol. The monoisotopic (exact) mass is 326 g/mol. The van der Waals surface area contributed by atoms with E-state index in [-0.39, 0.29) is 11.3 Å². The fourth-order valence-electron chi connectivity index (χ4n) is 2.08. The second-order valence-electron chi connectivity index (χ2n) is 6.65. The summed E-state index contributed by atoms with van der Waals surface area (Å²) in [6.07, 6.45) is -0.743. The summed E-state index contributed by atoms with van der Waals surface area (Å²) in [7, 11) is 1.78. The van der Waals surface area contributed by atoms with Crippen molar-refractivity contribution in [1.29, 1.82) is 5.26 Å². The molecular formula is C18H22N4O2. The van der Waals surface area contributed by atoms with Crippen LogP contribution in [0.4, 0.5) is 5.82 Å². The average molecular weight is 326 g/mol. The number of para-hydroxylation sites is 1. The summed E-state index contributed by atoms with van der Waals surface area (Å²) in [6.45, 7) is 7.83. The first-order chi connectivity index (χ1) is 11.2. The zero-order chi connectivity index (χ0) is 17.9. The van der Waals surface area contributed by atoms with E-state index in [2.05, 4.69) is 31.2 Å². The second-order valence-corrected chi connectivity index (χ2v) is 6.65. The molecule has 1 atom stereocenters. The molecule has 0 radical (unpaired) electrons. The number of ether oxygens (including phenoxy) is 1. The Balaban J connectivity index is 2.10. The number of hydrogen-bond donors (Lipinski definition) is 1. The average Bonchev–Trinajstić information content (AvgIpc) is 2.89. The van der Waals surface area contributed by atoms with Crippen molar-refractivity contribution in [2.24, 2.45) is 7.05 Å². The Labute approximate surface area is 142 Å². The summed E-state index contributed by atoms with van der Waals surface area (Å²) in [5, 5.41) is 16.3. The normalized spacial score (nSPS) is 12.3. The Hall–Kier alpha value is -2.81. The molecule has 2 rings (SSSR count). The molecule has 0 saturated carbocycles. The number of amides is 1. The van der Waals surface area contributed by atoms with Gasteiger partial charge in [-0.2, -0.15) is 10.4 Å². The van der Waals surface area contributed by atoms with Crippen LogP contribution in [-0.2, 0) is 17.3 Å². The molecule has 1 aromatic heterocycles. The number of nitrogens with one attached hydrogen (secondary N) is 1. The molecule has 0 aliphatic carbocycles. The minimum Gasteiger partial charge on any atom is -0.480 e. The predicted octanol–water partition coefficient (Wildman–Crippen LogP) is 3.00. The van der Waals surface area contributed by atoms with Gasteiger partial charge in [0.05, 0.1) is 11.3 Å². The summed E-state index contributed by atoms with van der Waals surface area (Å²) in [5.41, 5.74) is 1.19. The maximum absolute atomic E-state index is 12.4. The Morgan fingerprint density at radius 2 is 2.04 bits per heavy atom. The number of benzene rings is 1. The SMILES string of the molecule is CC(Oc1ccccc1C#N)C(=O)Nc1cc(C(C)(C)C)nn1C. The van der Waals surface area contributed by atoms with Gasteiger partial charge in [0.25, 0.3) is 5.91 Å². The second kappa shape index (κ2) is 6.75. The van der Waals surface area contributed by atoms with E-state index in [1.165, 1.54) is 0 Å². The quantitative estimate of drug-likeness (QED) is 0.936. The third-order valence-electron chi connectivity index (χ3n) is 3.58. The summed E-state index contributed by atoms with van der Waals surface area (Å²) < 4.78 is 7.25. The van der Waals surface area contributed by atoms with Crippen molar-refractivity contribution < 1.29 is 9.53 Å². The van der Waals surface area contributed by atoms with Gasteiger partial charge in [-0.05, 0) is 19.1 Å². The topological polar surface area (TPSA) is 79.9 Å². The lowest BCUT2D eigenvalue weighted by atomic mass is 9.92. The summed E-state index contributed by atoms with van der Waals surface area (Å²) in [5.74, 6) is 0.697. The molecule has 0 spiro atoms. The number of anilines is 1. The van der Waals surface area contributed by atoms with Crippen LogP contribution in [0, 0.1) is 11.3 Å². The first-order valence-electron chi connectivity index (χ1n) is 7.73. The zero-order valence-electron chi connectivity index (χ0n) is 14.6. The van der Waals surface area contributed by atoms with Crippen molar-refractivity contribution in [1.82, 2.24) is 9.78 Å². The van der Waals surface area contributed by atoms with Gasteiger partial charge >= 0.3 is 0 Å². The molecule has 1 heterocycles. The molecule has 0 bridgehead atoms. The van der Waals surface area contributed by atoms with Crippen LogP contribution in [0.1, 0.15) is 39.0 Å². The van der Waals surface area contributed by atoms with Crippen LogP contribution in [0.15, 0.2) is 30.3 Å². The fourth-order valence-corrected chi connectivity index (χ4v) is 2.08. The Kier molecular flexibility index (Phi) is 4.93. The van der Waals surface area contributed by atoms with Crippen molar-refractivity contribution >= 4 is 11.7 Å². The minimum atomic E-state index is -0.743. The molecule has 2 aromatic rings. The molecule has 0 fully saturated rings. The molecule has 6 heteroatoms. The molecule has 1 N–H and O–H groups in total. The van der Waals surface area contributed by atoms with Crippen molar-refractivity contribution in [2.75, 3.05) is 5.32 Å². The van der Waals surface area contributed by atoms with Crippen LogP contribution in [0.5, 0.6) is 5.75 Å². The zero-order valence-corrected chi connectivity index (χ0v) is 14.6. The van der Waals surface area contributed by atoms with E-state index in [4.69, 9.17) is 10.00 Å². The lowest BCUT2D eigenvalue weighted by molar-refractivity contribution is -0.122. The van der Waals surface area contributed by atoms with Gasteiger partial charge in [0.2, 0.25) is 0 Å².